The number of aliphatic hydroxyl groups is 1. The van der Waals surface area contributed by atoms with Gasteiger partial charge in [0.1, 0.15) is 24.4 Å². The minimum absolute atomic E-state index is 0.291. The molecule has 1 rings (SSSR count). The second-order valence-corrected chi connectivity index (χ2v) is 1.83. The van der Waals surface area contributed by atoms with E-state index in [9.17, 15) is 0 Å². The van der Waals surface area contributed by atoms with Crippen molar-refractivity contribution in [2.45, 2.75) is 6.92 Å². The van der Waals surface area contributed by atoms with Crippen LogP contribution in [-0.4, -0.2) is 10.1 Å². The Hall–Kier alpha value is -1.25. The molecule has 0 aliphatic carbocycles. The Morgan fingerprint density at radius 3 is 3.00 bits per heavy atom. The molecule has 0 saturated heterocycles. The lowest BCUT2D eigenvalue weighted by atomic mass is 10.6. The fourth-order valence-electron chi connectivity index (χ4n) is 0.597. The Morgan fingerprint density at radius 2 is 2.56 bits per heavy atom. The van der Waals surface area contributed by atoms with Gasteiger partial charge in [-0.25, -0.2) is 9.55 Å². The molecule has 0 aromatic carbocycles. The maximum absolute atomic E-state index is 8.75. The van der Waals surface area contributed by atoms with Crippen molar-refractivity contribution in [1.29, 1.82) is 0 Å². The summed E-state index contributed by atoms with van der Waals surface area (Å²) in [5.41, 5.74) is 0. The highest BCUT2D eigenvalue weighted by Gasteiger charge is 1.89. The summed E-state index contributed by atoms with van der Waals surface area (Å²) >= 11 is 0. The van der Waals surface area contributed by atoms with Crippen molar-refractivity contribution < 1.29 is 9.67 Å². The molecule has 0 aliphatic rings. The van der Waals surface area contributed by atoms with Crippen LogP contribution in [0, 0.1) is 0 Å². The molecule has 0 unspecified atom stereocenters. The number of nitrogens with zero attached hydrogens (tertiary/aromatic N) is 1. The second-order valence-electron chi connectivity index (χ2n) is 1.83. The van der Waals surface area contributed by atoms with Crippen molar-refractivity contribution in [2.24, 2.45) is 0 Å². The average Bonchev–Trinajstić information content (AvgIpc) is 2.15. The Balaban J connectivity index is 2.80. The van der Waals surface area contributed by atoms with E-state index in [1.165, 1.54) is 0 Å². The lowest BCUT2D eigenvalue weighted by Crippen LogP contribution is -2.21. The summed E-state index contributed by atoms with van der Waals surface area (Å²) in [5.74, 6) is 0.291. The molecule has 3 nitrogen and oxygen atoms in total. The number of hydrogen-bond acceptors (Lipinski definition) is 1. The van der Waals surface area contributed by atoms with E-state index < -0.39 is 0 Å². The molecule has 1 heterocycles. The average molecular weight is 125 g/mol. The maximum atomic E-state index is 8.75. The Kier molecular flexibility index (Phi) is 1.53. The smallest absolute Gasteiger partial charge is 0.246 e. The van der Waals surface area contributed by atoms with Gasteiger partial charge in [0.15, 0.2) is 0 Å². The van der Waals surface area contributed by atoms with Crippen LogP contribution in [0.5, 0.6) is 0 Å². The number of H-pyrrole nitrogens is 1. The van der Waals surface area contributed by atoms with E-state index in [0.29, 0.717) is 5.76 Å². The zero-order chi connectivity index (χ0) is 6.69. The van der Waals surface area contributed by atoms with Gasteiger partial charge in [-0.3, -0.25) is 0 Å². The molecule has 0 bridgehead atoms. The van der Waals surface area contributed by atoms with Gasteiger partial charge in [-0.2, -0.15) is 0 Å². The lowest BCUT2D eigenvalue weighted by Gasteiger charge is -1.82. The van der Waals surface area contributed by atoms with Crippen molar-refractivity contribution in [3.05, 3.63) is 24.5 Å². The van der Waals surface area contributed by atoms with Crippen molar-refractivity contribution in [3.63, 3.8) is 0 Å². The number of rotatable bonds is 1. The molecule has 0 radical (unpaired) electrons. The Bertz CT molecular complexity index is 197. The van der Waals surface area contributed by atoms with E-state index in [2.05, 4.69) is 4.98 Å². The van der Waals surface area contributed by atoms with Gasteiger partial charge in [0, 0.05) is 0 Å². The van der Waals surface area contributed by atoms with Gasteiger partial charge in [0.05, 0.1) is 0 Å². The molecule has 3 heteroatoms. The van der Waals surface area contributed by atoms with Gasteiger partial charge in [-0.15, -0.1) is 0 Å². The topological polar surface area (TPSA) is 39.9 Å². The minimum Gasteiger partial charge on any atom is -0.509 e. The predicted octanol–water partition coefficient (Wildman–Crippen LogP) is 0.678. The summed E-state index contributed by atoms with van der Waals surface area (Å²) in [6, 6.07) is 0. The standard InChI is InChI=1S/C6H8N2O/c1-6(9)4-8-3-2-7-5-8/h2-5,9H,1H3/p+1/b6-4+. The molecule has 1 aromatic rings. The fourth-order valence-corrected chi connectivity index (χ4v) is 0.597. The molecule has 0 fully saturated rings. The van der Waals surface area contributed by atoms with E-state index in [4.69, 9.17) is 5.11 Å². The van der Waals surface area contributed by atoms with Crippen LogP contribution in [0.15, 0.2) is 24.5 Å². The number of aliphatic hydroxyl groups excluding tert-OH is 1. The van der Waals surface area contributed by atoms with Crippen LogP contribution in [0.4, 0.5) is 0 Å². The summed E-state index contributed by atoms with van der Waals surface area (Å²) in [6.07, 6.45) is 6.93. The van der Waals surface area contributed by atoms with Crippen molar-refractivity contribution in [2.75, 3.05) is 0 Å². The highest BCUT2D eigenvalue weighted by molar-refractivity contribution is 5.08. The zero-order valence-electron chi connectivity index (χ0n) is 5.20. The van der Waals surface area contributed by atoms with Crippen molar-refractivity contribution >= 4 is 6.20 Å². The zero-order valence-corrected chi connectivity index (χ0v) is 5.20. The van der Waals surface area contributed by atoms with Crippen LogP contribution in [0.25, 0.3) is 6.20 Å². The monoisotopic (exact) mass is 125 g/mol. The highest BCUT2D eigenvalue weighted by atomic mass is 16.3. The van der Waals surface area contributed by atoms with Crippen LogP contribution in [0.2, 0.25) is 0 Å². The first kappa shape index (κ1) is 5.88. The van der Waals surface area contributed by atoms with Gasteiger partial charge >= 0.3 is 0 Å². The molecular formula is C6H9N2O+. The second kappa shape index (κ2) is 2.35. The molecule has 0 amide bonds. The number of aromatic amines is 1. The maximum Gasteiger partial charge on any atom is 0.246 e. The quantitative estimate of drug-likeness (QED) is 0.420. The normalized spacial score (nSPS) is 11.9. The van der Waals surface area contributed by atoms with Crippen molar-refractivity contribution in [3.8, 4) is 0 Å². The van der Waals surface area contributed by atoms with Gasteiger partial charge < -0.3 is 5.11 Å². The van der Waals surface area contributed by atoms with E-state index in [1.54, 1.807) is 36.4 Å². The van der Waals surface area contributed by atoms with Gasteiger partial charge in [-0.1, -0.05) is 0 Å². The largest absolute Gasteiger partial charge is 0.509 e. The summed E-state index contributed by atoms with van der Waals surface area (Å²) < 4.78 is 1.73. The fraction of sp³-hybridized carbons (Fsp3) is 0.167. The molecule has 0 atom stereocenters. The minimum atomic E-state index is 0.291. The van der Waals surface area contributed by atoms with Crippen LogP contribution < -0.4 is 4.57 Å². The van der Waals surface area contributed by atoms with Gasteiger partial charge in [0.25, 0.3) is 0 Å². The van der Waals surface area contributed by atoms with Crippen LogP contribution >= 0.6 is 0 Å². The molecule has 48 valence electrons. The Labute approximate surface area is 53.3 Å². The van der Waals surface area contributed by atoms with E-state index in [-0.39, 0.29) is 0 Å². The lowest BCUT2D eigenvalue weighted by molar-refractivity contribution is -0.567. The predicted molar refractivity (Wildman–Crippen MR) is 33.6 cm³/mol. The number of aromatic nitrogens is 2. The van der Waals surface area contributed by atoms with E-state index in [1.807, 2.05) is 0 Å². The Morgan fingerprint density at radius 1 is 1.78 bits per heavy atom. The van der Waals surface area contributed by atoms with E-state index >= 15 is 0 Å². The van der Waals surface area contributed by atoms with Crippen molar-refractivity contribution in [1.82, 2.24) is 4.98 Å². The number of allylic oxidation sites excluding steroid dienone is 1. The third kappa shape index (κ3) is 1.60. The highest BCUT2D eigenvalue weighted by Crippen LogP contribution is 1.80. The van der Waals surface area contributed by atoms with Gasteiger partial charge in [-0.05, 0) is 6.92 Å². The molecule has 1 aromatic heterocycles. The van der Waals surface area contributed by atoms with Crippen LogP contribution in [-0.2, 0) is 0 Å². The number of nitrogens with one attached hydrogen (secondary N) is 1. The molecule has 0 aliphatic heterocycles. The summed E-state index contributed by atoms with van der Waals surface area (Å²) in [7, 11) is 0. The third-order valence-corrected chi connectivity index (χ3v) is 0.902. The van der Waals surface area contributed by atoms with Crippen LogP contribution in [0.1, 0.15) is 6.92 Å². The van der Waals surface area contributed by atoms with E-state index in [0.717, 1.165) is 0 Å². The summed E-state index contributed by atoms with van der Waals surface area (Å²) in [6.45, 7) is 1.62. The van der Waals surface area contributed by atoms with Gasteiger partial charge in [0.2, 0.25) is 6.33 Å². The number of hydrogen-bond donors (Lipinski definition) is 2. The first-order valence-corrected chi connectivity index (χ1v) is 2.70. The molecular weight excluding hydrogens is 116 g/mol. The number of imidazole rings is 1. The molecule has 0 spiro atoms. The third-order valence-electron chi connectivity index (χ3n) is 0.902. The molecule has 2 N–H and O–H groups in total. The summed E-state index contributed by atoms with van der Waals surface area (Å²) in [4.78, 5) is 2.84. The first-order valence-electron chi connectivity index (χ1n) is 2.70. The molecule has 0 saturated carbocycles. The summed E-state index contributed by atoms with van der Waals surface area (Å²) in [5, 5.41) is 8.75. The SMILES string of the molecule is C/C(O)=C\[n+]1cc[nH]c1. The first-order chi connectivity index (χ1) is 4.29. The van der Waals surface area contributed by atoms with Crippen LogP contribution in [0.3, 0.4) is 0 Å². The molecule has 9 heavy (non-hydrogen) atoms.